The molecule has 3 aromatic carbocycles. The van der Waals surface area contributed by atoms with E-state index in [-0.39, 0.29) is 12.1 Å². The van der Waals surface area contributed by atoms with Gasteiger partial charge in [-0.3, -0.25) is 4.90 Å². The second kappa shape index (κ2) is 10.9. The van der Waals surface area contributed by atoms with E-state index in [1.54, 1.807) is 7.11 Å². The van der Waals surface area contributed by atoms with Gasteiger partial charge in [-0.2, -0.15) is 0 Å². The predicted molar refractivity (Wildman–Crippen MR) is 144 cm³/mol. The maximum atomic E-state index is 12.9. The number of likely N-dealkylation sites (tertiary alicyclic amines) is 1. The summed E-state index contributed by atoms with van der Waals surface area (Å²) in [4.78, 5) is 15.5. The Morgan fingerprint density at radius 3 is 2.57 bits per heavy atom. The molecule has 2 atom stereocenters. The lowest BCUT2D eigenvalue weighted by Gasteiger charge is -2.38. The van der Waals surface area contributed by atoms with Crippen molar-refractivity contribution in [3.63, 3.8) is 0 Å². The van der Waals surface area contributed by atoms with E-state index in [0.717, 1.165) is 66.0 Å². The van der Waals surface area contributed by atoms with Gasteiger partial charge in [0.05, 0.1) is 7.11 Å². The standard InChI is InChI=1S/C29H34ClN3O2/c1-35-28-19-24(18-22-5-2-3-6-25(22)28)31-29(34)32-26-7-4-8-27(26)33-15-13-21(14-16-33)17-20-9-11-23(30)12-10-20/h2-3,5-6,9-12,18-19,21,26-27H,4,7-8,13-17H2,1H3,(H2,31,32,34)/t26-,27-/m1/s1. The molecule has 1 saturated carbocycles. The number of nitrogens with zero attached hydrogens (tertiary/aromatic N) is 1. The smallest absolute Gasteiger partial charge is 0.319 e. The number of rotatable bonds is 6. The monoisotopic (exact) mass is 491 g/mol. The Hall–Kier alpha value is -2.76. The van der Waals surface area contributed by atoms with Crippen molar-refractivity contribution in [1.29, 1.82) is 0 Å². The molecule has 0 aromatic heterocycles. The minimum absolute atomic E-state index is 0.142. The molecule has 2 fully saturated rings. The van der Waals surface area contributed by atoms with Gasteiger partial charge >= 0.3 is 6.03 Å². The van der Waals surface area contributed by atoms with E-state index in [1.807, 2.05) is 48.5 Å². The number of carbonyl (C=O) groups is 1. The van der Waals surface area contributed by atoms with Crippen molar-refractivity contribution in [1.82, 2.24) is 10.2 Å². The van der Waals surface area contributed by atoms with E-state index in [4.69, 9.17) is 16.3 Å². The maximum absolute atomic E-state index is 12.9. The summed E-state index contributed by atoms with van der Waals surface area (Å²) in [6, 6.07) is 20.7. The lowest BCUT2D eigenvalue weighted by molar-refractivity contribution is 0.119. The molecule has 6 heteroatoms. The number of urea groups is 1. The molecular weight excluding hydrogens is 458 g/mol. The lowest BCUT2D eigenvalue weighted by Crippen LogP contribution is -2.52. The molecule has 1 heterocycles. The second-order valence-electron chi connectivity index (χ2n) is 9.91. The van der Waals surface area contributed by atoms with Gasteiger partial charge in [-0.05, 0) is 86.7 Å². The van der Waals surface area contributed by atoms with E-state index < -0.39 is 0 Å². The van der Waals surface area contributed by atoms with Crippen molar-refractivity contribution in [2.75, 3.05) is 25.5 Å². The summed E-state index contributed by atoms with van der Waals surface area (Å²) in [5.74, 6) is 1.48. The third-order valence-electron chi connectivity index (χ3n) is 7.65. The molecule has 2 aliphatic rings. The number of benzene rings is 3. The van der Waals surface area contributed by atoms with Crippen LogP contribution in [0.25, 0.3) is 10.8 Å². The van der Waals surface area contributed by atoms with Crippen LogP contribution in [0.5, 0.6) is 5.75 Å². The first-order chi connectivity index (χ1) is 17.1. The SMILES string of the molecule is COc1cc(NC(=O)N[C@@H]2CCC[C@H]2N2CCC(Cc3ccc(Cl)cc3)CC2)cc2ccccc12. The number of methoxy groups -OCH3 is 1. The fraction of sp³-hybridized carbons (Fsp3) is 0.414. The number of hydrogen-bond acceptors (Lipinski definition) is 3. The molecule has 35 heavy (non-hydrogen) atoms. The van der Waals surface area contributed by atoms with Crippen LogP contribution in [0.2, 0.25) is 5.02 Å². The molecule has 0 bridgehead atoms. The van der Waals surface area contributed by atoms with Crippen LogP contribution in [0.15, 0.2) is 60.7 Å². The van der Waals surface area contributed by atoms with Crippen LogP contribution in [0.1, 0.15) is 37.7 Å². The van der Waals surface area contributed by atoms with Crippen LogP contribution in [-0.4, -0.2) is 43.2 Å². The zero-order valence-electron chi connectivity index (χ0n) is 20.3. The van der Waals surface area contributed by atoms with Crippen molar-refractivity contribution in [3.8, 4) is 5.75 Å². The number of halogens is 1. The number of carbonyl (C=O) groups excluding carboxylic acids is 1. The zero-order valence-corrected chi connectivity index (χ0v) is 21.1. The van der Waals surface area contributed by atoms with E-state index in [2.05, 4.69) is 27.7 Å². The largest absolute Gasteiger partial charge is 0.496 e. The molecule has 0 unspecified atom stereocenters. The Kier molecular flexibility index (Phi) is 7.45. The molecule has 3 aromatic rings. The van der Waals surface area contributed by atoms with Crippen molar-refractivity contribution in [2.45, 2.75) is 50.6 Å². The summed E-state index contributed by atoms with van der Waals surface area (Å²) >= 11 is 6.03. The first-order valence-electron chi connectivity index (χ1n) is 12.7. The van der Waals surface area contributed by atoms with Gasteiger partial charge in [-0.25, -0.2) is 4.79 Å². The fourth-order valence-corrected chi connectivity index (χ4v) is 5.97. The molecule has 5 rings (SSSR count). The topological polar surface area (TPSA) is 53.6 Å². The average molecular weight is 492 g/mol. The van der Waals surface area contributed by atoms with Gasteiger partial charge in [0, 0.05) is 34.2 Å². The Balaban J connectivity index is 1.16. The van der Waals surface area contributed by atoms with E-state index in [0.29, 0.717) is 12.0 Å². The maximum Gasteiger partial charge on any atom is 0.319 e. The number of piperidine rings is 1. The van der Waals surface area contributed by atoms with Gasteiger partial charge in [-0.15, -0.1) is 0 Å². The minimum atomic E-state index is -0.142. The predicted octanol–water partition coefficient (Wildman–Crippen LogP) is 6.50. The van der Waals surface area contributed by atoms with Crippen LogP contribution in [0.4, 0.5) is 10.5 Å². The van der Waals surface area contributed by atoms with Crippen molar-refractivity contribution < 1.29 is 9.53 Å². The Morgan fingerprint density at radius 1 is 1.03 bits per heavy atom. The van der Waals surface area contributed by atoms with Crippen LogP contribution in [0.3, 0.4) is 0 Å². The average Bonchev–Trinajstić information content (AvgIpc) is 3.33. The summed E-state index contributed by atoms with van der Waals surface area (Å²) in [7, 11) is 1.66. The number of nitrogens with one attached hydrogen (secondary N) is 2. The first kappa shape index (κ1) is 24.0. The summed E-state index contributed by atoms with van der Waals surface area (Å²) in [5.41, 5.74) is 2.12. The molecule has 2 N–H and O–H groups in total. The number of anilines is 1. The summed E-state index contributed by atoms with van der Waals surface area (Å²) < 4.78 is 5.55. The Morgan fingerprint density at radius 2 is 1.80 bits per heavy atom. The highest BCUT2D eigenvalue weighted by atomic mass is 35.5. The number of hydrogen-bond donors (Lipinski definition) is 2. The second-order valence-corrected chi connectivity index (χ2v) is 10.3. The zero-order chi connectivity index (χ0) is 24.2. The minimum Gasteiger partial charge on any atom is -0.496 e. The van der Waals surface area contributed by atoms with Gasteiger partial charge in [0.25, 0.3) is 0 Å². The molecule has 1 aliphatic carbocycles. The normalized spacial score (nSPS) is 21.2. The molecule has 1 saturated heterocycles. The molecule has 1 aliphatic heterocycles. The van der Waals surface area contributed by atoms with Gasteiger partial charge in [-0.1, -0.05) is 48.0 Å². The van der Waals surface area contributed by atoms with E-state index >= 15 is 0 Å². The summed E-state index contributed by atoms with van der Waals surface area (Å²) in [5, 5.41) is 9.19. The van der Waals surface area contributed by atoms with Crippen LogP contribution in [-0.2, 0) is 6.42 Å². The van der Waals surface area contributed by atoms with Gasteiger partial charge in [0.2, 0.25) is 0 Å². The molecule has 184 valence electrons. The third kappa shape index (κ3) is 5.74. The highest BCUT2D eigenvalue weighted by Crippen LogP contribution is 2.31. The van der Waals surface area contributed by atoms with Crippen LogP contribution >= 0.6 is 11.6 Å². The van der Waals surface area contributed by atoms with Gasteiger partial charge in [0.1, 0.15) is 5.75 Å². The number of amides is 2. The van der Waals surface area contributed by atoms with Gasteiger partial charge in [0.15, 0.2) is 0 Å². The van der Waals surface area contributed by atoms with Crippen LogP contribution in [0, 0.1) is 5.92 Å². The quantitative estimate of drug-likeness (QED) is 0.414. The Labute approximate surface area is 212 Å². The molecule has 0 radical (unpaired) electrons. The number of ether oxygens (including phenoxy) is 1. The Bertz CT molecular complexity index is 1160. The molecule has 0 spiro atoms. The fourth-order valence-electron chi connectivity index (χ4n) is 5.84. The highest BCUT2D eigenvalue weighted by molar-refractivity contribution is 6.30. The first-order valence-corrected chi connectivity index (χ1v) is 13.1. The van der Waals surface area contributed by atoms with Gasteiger partial charge < -0.3 is 15.4 Å². The molecule has 2 amide bonds. The molecule has 5 nitrogen and oxygen atoms in total. The summed E-state index contributed by atoms with van der Waals surface area (Å²) in [6.45, 7) is 2.20. The number of fused-ring (bicyclic) bond motifs is 1. The molecular formula is C29H34ClN3O2. The third-order valence-corrected chi connectivity index (χ3v) is 7.91. The lowest BCUT2D eigenvalue weighted by atomic mass is 9.89. The highest BCUT2D eigenvalue weighted by Gasteiger charge is 2.35. The van der Waals surface area contributed by atoms with Crippen molar-refractivity contribution in [3.05, 3.63) is 71.2 Å². The van der Waals surface area contributed by atoms with Crippen molar-refractivity contribution in [2.24, 2.45) is 5.92 Å². The summed E-state index contributed by atoms with van der Waals surface area (Å²) in [6.07, 6.45) is 6.86. The van der Waals surface area contributed by atoms with Crippen molar-refractivity contribution >= 4 is 34.1 Å². The van der Waals surface area contributed by atoms with E-state index in [1.165, 1.54) is 18.4 Å². The van der Waals surface area contributed by atoms with E-state index in [9.17, 15) is 4.79 Å². The van der Waals surface area contributed by atoms with Crippen LogP contribution < -0.4 is 15.4 Å².